The summed E-state index contributed by atoms with van der Waals surface area (Å²) < 4.78 is 13.0. The summed E-state index contributed by atoms with van der Waals surface area (Å²) >= 11 is 0. The number of fused-ring (bicyclic) bond motifs is 1. The molecule has 1 amide bonds. The number of unbranched alkanes of at least 4 members (excludes halogenated alkanes) is 13. The van der Waals surface area contributed by atoms with Gasteiger partial charge in [0.05, 0.1) is 37.7 Å². The van der Waals surface area contributed by atoms with E-state index in [1.807, 2.05) is 31.2 Å². The molecular weight excluding hydrogens is 510 g/mol. The molecule has 6 heteroatoms. The number of para-hydroxylation sites is 2. The van der Waals surface area contributed by atoms with Gasteiger partial charge in [0.2, 0.25) is 5.91 Å². The van der Waals surface area contributed by atoms with Crippen LogP contribution in [0.2, 0.25) is 0 Å². The Kier molecular flexibility index (Phi) is 14.6. The molecule has 3 aromatic rings. The van der Waals surface area contributed by atoms with Crippen molar-refractivity contribution in [1.29, 1.82) is 0 Å². The third-order valence-electron chi connectivity index (χ3n) is 8.00. The zero-order valence-electron chi connectivity index (χ0n) is 26.1. The van der Waals surface area contributed by atoms with Crippen LogP contribution in [0.4, 0.5) is 0 Å². The largest absolute Gasteiger partial charge is 0.493 e. The minimum atomic E-state index is -0.193. The Bertz CT molecular complexity index is 1170. The van der Waals surface area contributed by atoms with Gasteiger partial charge in [-0.3, -0.25) is 4.79 Å². The fourth-order valence-corrected chi connectivity index (χ4v) is 5.66. The summed E-state index contributed by atoms with van der Waals surface area (Å²) in [6, 6.07) is 13.7. The SMILES string of the molecule is CCCCCCCCCCCCCCCCn1c(C(C)NC(=O)Cc2ccc(OC)c(OC)c2)nc2ccccc21. The van der Waals surface area contributed by atoms with Crippen molar-refractivity contribution in [3.8, 4) is 11.5 Å². The molecule has 0 saturated carbocycles. The number of hydrogen-bond acceptors (Lipinski definition) is 4. The third kappa shape index (κ3) is 10.7. The highest BCUT2D eigenvalue weighted by Gasteiger charge is 2.19. The Hall–Kier alpha value is -3.02. The lowest BCUT2D eigenvalue weighted by Crippen LogP contribution is -2.30. The van der Waals surface area contributed by atoms with E-state index < -0.39 is 0 Å². The number of rotatable bonds is 21. The van der Waals surface area contributed by atoms with Crippen LogP contribution in [0.5, 0.6) is 11.5 Å². The molecule has 41 heavy (non-hydrogen) atoms. The second-order valence-corrected chi connectivity index (χ2v) is 11.4. The molecule has 0 aliphatic carbocycles. The van der Waals surface area contributed by atoms with Crippen LogP contribution < -0.4 is 14.8 Å². The average Bonchev–Trinajstić information content (AvgIpc) is 3.36. The van der Waals surface area contributed by atoms with E-state index in [0.29, 0.717) is 11.5 Å². The van der Waals surface area contributed by atoms with E-state index in [2.05, 4.69) is 35.0 Å². The average molecular weight is 564 g/mol. The fraction of sp³-hybridized carbons (Fsp3) is 0.600. The third-order valence-corrected chi connectivity index (χ3v) is 8.00. The van der Waals surface area contributed by atoms with Crippen LogP contribution in [-0.2, 0) is 17.8 Å². The van der Waals surface area contributed by atoms with Crippen LogP contribution in [0, 0.1) is 0 Å². The van der Waals surface area contributed by atoms with Crippen LogP contribution in [0.3, 0.4) is 0 Å². The van der Waals surface area contributed by atoms with Crippen LogP contribution in [-0.4, -0.2) is 29.7 Å². The molecule has 2 aromatic carbocycles. The van der Waals surface area contributed by atoms with Crippen molar-refractivity contribution in [2.75, 3.05) is 14.2 Å². The zero-order chi connectivity index (χ0) is 29.3. The molecule has 0 aliphatic heterocycles. The highest BCUT2D eigenvalue weighted by atomic mass is 16.5. The maximum absolute atomic E-state index is 13.0. The number of imidazole rings is 1. The molecule has 1 atom stereocenters. The van der Waals surface area contributed by atoms with Crippen molar-refractivity contribution in [1.82, 2.24) is 14.9 Å². The van der Waals surface area contributed by atoms with E-state index in [4.69, 9.17) is 14.5 Å². The highest BCUT2D eigenvalue weighted by molar-refractivity contribution is 5.80. The van der Waals surface area contributed by atoms with Gasteiger partial charge in [-0.15, -0.1) is 0 Å². The van der Waals surface area contributed by atoms with Gasteiger partial charge in [-0.05, 0) is 43.2 Å². The maximum atomic E-state index is 13.0. The van der Waals surface area contributed by atoms with Gasteiger partial charge in [-0.1, -0.05) is 109 Å². The molecular formula is C35H53N3O3. The van der Waals surface area contributed by atoms with Crippen molar-refractivity contribution in [2.45, 2.75) is 123 Å². The van der Waals surface area contributed by atoms with E-state index >= 15 is 0 Å². The van der Waals surface area contributed by atoms with Crippen molar-refractivity contribution in [3.63, 3.8) is 0 Å². The number of nitrogens with one attached hydrogen (secondary N) is 1. The molecule has 1 unspecified atom stereocenters. The van der Waals surface area contributed by atoms with Gasteiger partial charge in [0.1, 0.15) is 5.82 Å². The summed E-state index contributed by atoms with van der Waals surface area (Å²) in [5.41, 5.74) is 3.00. The first kappa shape index (κ1) is 32.5. The number of carbonyl (C=O) groups is 1. The Morgan fingerprint density at radius 3 is 2.00 bits per heavy atom. The van der Waals surface area contributed by atoms with Gasteiger partial charge in [0, 0.05) is 6.54 Å². The number of carbonyl (C=O) groups excluding carboxylic acids is 1. The number of nitrogens with zero attached hydrogens (tertiary/aromatic N) is 2. The summed E-state index contributed by atoms with van der Waals surface area (Å²) in [5.74, 6) is 2.16. The minimum Gasteiger partial charge on any atom is -0.493 e. The second kappa shape index (κ2) is 18.4. The molecule has 0 aliphatic rings. The Labute approximate surface area is 248 Å². The fourth-order valence-electron chi connectivity index (χ4n) is 5.66. The molecule has 0 radical (unpaired) electrons. The van der Waals surface area contributed by atoms with Crippen molar-refractivity contribution in [3.05, 3.63) is 53.9 Å². The number of aromatic nitrogens is 2. The van der Waals surface area contributed by atoms with Crippen molar-refractivity contribution >= 4 is 16.9 Å². The van der Waals surface area contributed by atoms with Crippen molar-refractivity contribution < 1.29 is 14.3 Å². The Morgan fingerprint density at radius 1 is 0.805 bits per heavy atom. The number of amides is 1. The predicted molar refractivity (Wildman–Crippen MR) is 170 cm³/mol. The Balaban J connectivity index is 1.43. The second-order valence-electron chi connectivity index (χ2n) is 11.4. The van der Waals surface area contributed by atoms with E-state index in [-0.39, 0.29) is 18.4 Å². The van der Waals surface area contributed by atoms with Crippen LogP contribution in [0.1, 0.15) is 121 Å². The first-order valence-corrected chi connectivity index (χ1v) is 16.0. The number of aryl methyl sites for hydroxylation is 1. The quantitative estimate of drug-likeness (QED) is 0.131. The van der Waals surface area contributed by atoms with Crippen LogP contribution in [0.25, 0.3) is 11.0 Å². The lowest BCUT2D eigenvalue weighted by molar-refractivity contribution is -0.121. The van der Waals surface area contributed by atoms with Gasteiger partial charge in [0.15, 0.2) is 11.5 Å². The van der Waals surface area contributed by atoms with Gasteiger partial charge < -0.3 is 19.4 Å². The molecule has 1 N–H and O–H groups in total. The molecule has 0 bridgehead atoms. The van der Waals surface area contributed by atoms with Gasteiger partial charge in [0.25, 0.3) is 0 Å². The van der Waals surface area contributed by atoms with Gasteiger partial charge in [-0.2, -0.15) is 0 Å². The zero-order valence-corrected chi connectivity index (χ0v) is 26.1. The molecule has 226 valence electrons. The van der Waals surface area contributed by atoms with Gasteiger partial charge >= 0.3 is 0 Å². The first-order chi connectivity index (χ1) is 20.1. The lowest BCUT2D eigenvalue weighted by atomic mass is 10.0. The first-order valence-electron chi connectivity index (χ1n) is 16.0. The predicted octanol–water partition coefficient (Wildman–Crippen LogP) is 8.95. The van der Waals surface area contributed by atoms with Crippen molar-refractivity contribution in [2.24, 2.45) is 0 Å². The smallest absolute Gasteiger partial charge is 0.224 e. The monoisotopic (exact) mass is 563 g/mol. The highest BCUT2D eigenvalue weighted by Crippen LogP contribution is 2.28. The molecule has 1 aromatic heterocycles. The number of methoxy groups -OCH3 is 2. The van der Waals surface area contributed by atoms with Crippen LogP contribution in [0.15, 0.2) is 42.5 Å². The molecule has 0 fully saturated rings. The van der Waals surface area contributed by atoms with E-state index in [0.717, 1.165) is 35.4 Å². The minimum absolute atomic E-state index is 0.0418. The molecule has 3 rings (SSSR count). The summed E-state index contributed by atoms with van der Waals surface area (Å²) in [5, 5.41) is 3.17. The maximum Gasteiger partial charge on any atom is 0.224 e. The summed E-state index contributed by atoms with van der Waals surface area (Å²) in [6.45, 7) is 5.23. The summed E-state index contributed by atoms with van der Waals surface area (Å²) in [4.78, 5) is 17.9. The van der Waals surface area contributed by atoms with Gasteiger partial charge in [-0.25, -0.2) is 4.98 Å². The molecule has 1 heterocycles. The van der Waals surface area contributed by atoms with E-state index in [9.17, 15) is 4.79 Å². The number of benzene rings is 2. The molecule has 0 saturated heterocycles. The normalized spacial score (nSPS) is 12.0. The van der Waals surface area contributed by atoms with E-state index in [1.54, 1.807) is 14.2 Å². The summed E-state index contributed by atoms with van der Waals surface area (Å²) in [7, 11) is 3.21. The van der Waals surface area contributed by atoms with Crippen LogP contribution >= 0.6 is 0 Å². The van der Waals surface area contributed by atoms with E-state index in [1.165, 1.54) is 83.5 Å². The standard InChI is InChI=1S/C35H53N3O3/c1-5-6-7-8-9-10-11-12-13-14-15-16-17-20-25-38-31-22-19-18-21-30(31)37-35(38)28(2)36-34(39)27-29-23-24-32(40-3)33(26-29)41-4/h18-19,21-24,26,28H,5-17,20,25,27H2,1-4H3,(H,36,39). The lowest BCUT2D eigenvalue weighted by Gasteiger charge is -2.17. The Morgan fingerprint density at radius 2 is 1.39 bits per heavy atom. The summed E-state index contributed by atoms with van der Waals surface area (Å²) in [6.07, 6.45) is 19.2. The molecule has 0 spiro atoms. The number of ether oxygens (including phenoxy) is 2. The number of hydrogen-bond donors (Lipinski definition) is 1. The molecule has 6 nitrogen and oxygen atoms in total. The topological polar surface area (TPSA) is 65.4 Å².